The fourth-order valence-electron chi connectivity index (χ4n) is 0.505. The number of aryl methyl sites for hydroxylation is 1. The van der Waals surface area contributed by atoms with Crippen LogP contribution in [0.25, 0.3) is 0 Å². The molecule has 0 saturated carbocycles. The van der Waals surface area contributed by atoms with E-state index in [1.54, 1.807) is 7.05 Å². The standard InChI is InChI=1S/C4H5BrClN3/c1-9-7-3(2-6)4(5)8-9/h2H2,1H3. The third-order valence-electron chi connectivity index (χ3n) is 0.863. The minimum Gasteiger partial charge on any atom is -0.187 e. The summed E-state index contributed by atoms with van der Waals surface area (Å²) in [5.41, 5.74) is 0.777. The molecule has 0 fully saturated rings. The van der Waals surface area contributed by atoms with Crippen molar-refractivity contribution in [2.45, 2.75) is 5.88 Å². The van der Waals surface area contributed by atoms with E-state index in [4.69, 9.17) is 11.6 Å². The largest absolute Gasteiger partial charge is 0.187 e. The van der Waals surface area contributed by atoms with Crippen molar-refractivity contribution in [1.29, 1.82) is 0 Å². The van der Waals surface area contributed by atoms with Gasteiger partial charge in [0.05, 0.1) is 5.88 Å². The van der Waals surface area contributed by atoms with Crippen molar-refractivity contribution in [2.75, 3.05) is 0 Å². The molecule has 0 unspecified atom stereocenters. The van der Waals surface area contributed by atoms with Crippen LogP contribution in [0.5, 0.6) is 0 Å². The molecule has 1 aromatic heterocycles. The first-order valence-corrected chi connectivity index (χ1v) is 3.68. The monoisotopic (exact) mass is 209 g/mol. The molecule has 3 nitrogen and oxygen atoms in total. The van der Waals surface area contributed by atoms with Gasteiger partial charge in [-0.1, -0.05) is 0 Å². The van der Waals surface area contributed by atoms with Gasteiger partial charge in [0.15, 0.2) is 4.60 Å². The van der Waals surface area contributed by atoms with Crippen LogP contribution in [0.1, 0.15) is 5.69 Å². The molecule has 0 radical (unpaired) electrons. The Kier molecular flexibility index (Phi) is 2.08. The summed E-state index contributed by atoms with van der Waals surface area (Å²) in [5, 5.41) is 7.88. The van der Waals surface area contributed by atoms with Crippen LogP contribution in [0.3, 0.4) is 0 Å². The van der Waals surface area contributed by atoms with E-state index in [0.29, 0.717) is 5.88 Å². The molecule has 0 spiro atoms. The highest BCUT2D eigenvalue weighted by atomic mass is 79.9. The molecule has 1 aromatic rings. The van der Waals surface area contributed by atoms with Crippen molar-refractivity contribution >= 4 is 27.5 Å². The smallest absolute Gasteiger partial charge is 0.152 e. The van der Waals surface area contributed by atoms with E-state index in [1.807, 2.05) is 0 Å². The molecule has 0 atom stereocenters. The molecular weight excluding hydrogens is 205 g/mol. The Labute approximate surface area is 66.1 Å². The number of aromatic nitrogens is 3. The summed E-state index contributed by atoms with van der Waals surface area (Å²) in [7, 11) is 1.75. The zero-order valence-corrected chi connectivity index (χ0v) is 7.15. The lowest BCUT2D eigenvalue weighted by atomic mass is 10.6. The molecule has 0 aliphatic rings. The van der Waals surface area contributed by atoms with Crippen LogP contribution < -0.4 is 0 Å². The summed E-state index contributed by atoms with van der Waals surface area (Å²) in [6, 6.07) is 0. The molecule has 0 saturated heterocycles. The van der Waals surface area contributed by atoms with E-state index in [9.17, 15) is 0 Å². The second-order valence-electron chi connectivity index (χ2n) is 1.56. The predicted octanol–water partition coefficient (Wildman–Crippen LogP) is 1.32. The van der Waals surface area contributed by atoms with Crippen LogP contribution in [0, 0.1) is 0 Å². The van der Waals surface area contributed by atoms with Gasteiger partial charge >= 0.3 is 0 Å². The average Bonchev–Trinajstić information content (AvgIpc) is 2.10. The van der Waals surface area contributed by atoms with Gasteiger partial charge in [-0.2, -0.15) is 9.90 Å². The first-order valence-electron chi connectivity index (χ1n) is 2.35. The fraction of sp³-hybridized carbons (Fsp3) is 0.500. The van der Waals surface area contributed by atoms with Gasteiger partial charge in [-0.3, -0.25) is 0 Å². The average molecular weight is 210 g/mol. The molecule has 0 aromatic carbocycles. The molecular formula is C4H5BrClN3. The Balaban J connectivity index is 3.01. The summed E-state index contributed by atoms with van der Waals surface area (Å²) >= 11 is 8.70. The highest BCUT2D eigenvalue weighted by Gasteiger charge is 2.02. The molecule has 9 heavy (non-hydrogen) atoms. The molecule has 5 heteroatoms. The van der Waals surface area contributed by atoms with Crippen molar-refractivity contribution < 1.29 is 0 Å². The zero-order chi connectivity index (χ0) is 6.85. The van der Waals surface area contributed by atoms with E-state index in [2.05, 4.69) is 26.1 Å². The highest BCUT2D eigenvalue weighted by Crippen LogP contribution is 2.11. The highest BCUT2D eigenvalue weighted by molar-refractivity contribution is 9.10. The van der Waals surface area contributed by atoms with Crippen molar-refractivity contribution in [2.24, 2.45) is 7.05 Å². The molecule has 0 N–H and O–H groups in total. The van der Waals surface area contributed by atoms with Crippen LogP contribution in [-0.2, 0) is 12.9 Å². The van der Waals surface area contributed by atoms with Gasteiger partial charge < -0.3 is 0 Å². The summed E-state index contributed by atoms with van der Waals surface area (Å²) in [6.45, 7) is 0. The first kappa shape index (κ1) is 7.02. The second-order valence-corrected chi connectivity index (χ2v) is 2.58. The second kappa shape index (κ2) is 2.66. The van der Waals surface area contributed by atoms with Gasteiger partial charge in [0.2, 0.25) is 0 Å². The maximum Gasteiger partial charge on any atom is 0.152 e. The zero-order valence-electron chi connectivity index (χ0n) is 4.80. The van der Waals surface area contributed by atoms with E-state index in [-0.39, 0.29) is 0 Å². The number of alkyl halides is 1. The van der Waals surface area contributed by atoms with Gasteiger partial charge in [-0.15, -0.1) is 16.7 Å². The maximum atomic E-state index is 5.50. The molecule has 1 rings (SSSR count). The summed E-state index contributed by atoms with van der Waals surface area (Å²) in [6.07, 6.45) is 0. The van der Waals surface area contributed by atoms with E-state index < -0.39 is 0 Å². The van der Waals surface area contributed by atoms with Gasteiger partial charge in [0.25, 0.3) is 0 Å². The molecule has 0 aliphatic carbocycles. The van der Waals surface area contributed by atoms with Crippen molar-refractivity contribution in [3.8, 4) is 0 Å². The Hall–Kier alpha value is -0.0900. The summed E-state index contributed by atoms with van der Waals surface area (Å²) in [5.74, 6) is 0.397. The van der Waals surface area contributed by atoms with Crippen LogP contribution in [0.15, 0.2) is 4.60 Å². The minimum atomic E-state index is 0.397. The number of hydrogen-bond donors (Lipinski definition) is 0. The number of hydrogen-bond acceptors (Lipinski definition) is 2. The summed E-state index contributed by atoms with van der Waals surface area (Å²) in [4.78, 5) is 1.47. The Morgan fingerprint density at radius 3 is 2.56 bits per heavy atom. The first-order chi connectivity index (χ1) is 4.24. The van der Waals surface area contributed by atoms with E-state index >= 15 is 0 Å². The lowest BCUT2D eigenvalue weighted by Gasteiger charge is -1.80. The normalized spacial score (nSPS) is 10.1. The Morgan fingerprint density at radius 2 is 2.33 bits per heavy atom. The van der Waals surface area contributed by atoms with Crippen LogP contribution in [-0.4, -0.2) is 15.0 Å². The predicted molar refractivity (Wildman–Crippen MR) is 38.3 cm³/mol. The third-order valence-corrected chi connectivity index (χ3v) is 1.73. The molecule has 1 heterocycles. The summed E-state index contributed by atoms with van der Waals surface area (Å²) < 4.78 is 0.722. The van der Waals surface area contributed by atoms with Crippen LogP contribution in [0.4, 0.5) is 0 Å². The third kappa shape index (κ3) is 1.43. The van der Waals surface area contributed by atoms with Crippen molar-refractivity contribution in [3.05, 3.63) is 10.3 Å². The Bertz CT molecular complexity index is 210. The van der Waals surface area contributed by atoms with Crippen LogP contribution >= 0.6 is 27.5 Å². The van der Waals surface area contributed by atoms with Gasteiger partial charge in [0, 0.05) is 7.05 Å². The molecule has 0 aliphatic heterocycles. The van der Waals surface area contributed by atoms with Crippen molar-refractivity contribution in [3.63, 3.8) is 0 Å². The topological polar surface area (TPSA) is 30.7 Å². The molecule has 0 bridgehead atoms. The van der Waals surface area contributed by atoms with Crippen LogP contribution in [0.2, 0.25) is 0 Å². The van der Waals surface area contributed by atoms with E-state index in [1.165, 1.54) is 4.80 Å². The fourth-order valence-corrected chi connectivity index (χ4v) is 1.30. The lowest BCUT2D eigenvalue weighted by Crippen LogP contribution is -1.91. The Morgan fingerprint density at radius 1 is 1.67 bits per heavy atom. The van der Waals surface area contributed by atoms with Gasteiger partial charge in [0.1, 0.15) is 5.69 Å². The molecule has 50 valence electrons. The van der Waals surface area contributed by atoms with Crippen molar-refractivity contribution in [1.82, 2.24) is 15.0 Å². The van der Waals surface area contributed by atoms with Gasteiger partial charge in [-0.25, -0.2) is 0 Å². The minimum absolute atomic E-state index is 0.397. The number of rotatable bonds is 1. The van der Waals surface area contributed by atoms with E-state index in [0.717, 1.165) is 10.3 Å². The SMILES string of the molecule is Cn1nc(Br)c(CCl)n1. The van der Waals surface area contributed by atoms with Gasteiger partial charge in [-0.05, 0) is 15.9 Å². The number of nitrogens with zero attached hydrogens (tertiary/aromatic N) is 3. The molecule has 0 amide bonds. The maximum absolute atomic E-state index is 5.50. The lowest BCUT2D eigenvalue weighted by molar-refractivity contribution is 0.646. The number of halogens is 2. The quantitative estimate of drug-likeness (QED) is 0.655.